The number of H-pyrrole nitrogens is 1. The molecule has 1 heterocycles. The summed E-state index contributed by atoms with van der Waals surface area (Å²) in [6.07, 6.45) is 2.74. The molecule has 0 radical (unpaired) electrons. The highest BCUT2D eigenvalue weighted by Gasteiger charge is 2.24. The molecule has 0 saturated heterocycles. The zero-order valence-electron chi connectivity index (χ0n) is 20.0. The highest BCUT2D eigenvalue weighted by molar-refractivity contribution is 6.30. The molecule has 1 N–H and O–H groups in total. The Morgan fingerprint density at radius 1 is 0.970 bits per heavy atom. The third-order valence-electron chi connectivity index (χ3n) is 5.68. The summed E-state index contributed by atoms with van der Waals surface area (Å²) in [5.41, 5.74) is 3.28. The van der Waals surface area contributed by atoms with E-state index in [1.807, 2.05) is 61.3 Å². The maximum absolute atomic E-state index is 13.5. The molecule has 2 aromatic carbocycles. The molecule has 0 bridgehead atoms. The third kappa shape index (κ3) is 6.84. The van der Waals surface area contributed by atoms with Gasteiger partial charge in [-0.25, -0.2) is 0 Å². The summed E-state index contributed by atoms with van der Waals surface area (Å²) >= 11 is 6.05. The minimum Gasteiger partial charge on any atom is -0.361 e. The average molecular weight is 468 g/mol. The second-order valence-corrected chi connectivity index (χ2v) is 9.76. The van der Waals surface area contributed by atoms with Gasteiger partial charge in [0.05, 0.1) is 6.54 Å². The van der Waals surface area contributed by atoms with Gasteiger partial charge in [-0.2, -0.15) is 0 Å². The van der Waals surface area contributed by atoms with E-state index >= 15 is 0 Å². The summed E-state index contributed by atoms with van der Waals surface area (Å²) in [6.45, 7) is 9.58. The van der Waals surface area contributed by atoms with Crippen LogP contribution in [0.25, 0.3) is 10.9 Å². The molecule has 0 aliphatic rings. The molecule has 3 rings (SSSR count). The number of carbonyl (C=O) groups is 2. The Kier molecular flexibility index (Phi) is 8.56. The van der Waals surface area contributed by atoms with E-state index in [0.717, 1.165) is 17.5 Å². The van der Waals surface area contributed by atoms with Crippen LogP contribution in [0, 0.1) is 11.8 Å². The van der Waals surface area contributed by atoms with Crippen LogP contribution < -0.4 is 0 Å². The predicted molar refractivity (Wildman–Crippen MR) is 135 cm³/mol. The number of para-hydroxylation sites is 1. The first kappa shape index (κ1) is 24.8. The van der Waals surface area contributed by atoms with Gasteiger partial charge in [-0.3, -0.25) is 9.59 Å². The van der Waals surface area contributed by atoms with Gasteiger partial charge in [0.1, 0.15) is 0 Å². The fraction of sp³-hybridized carbons (Fsp3) is 0.407. The van der Waals surface area contributed by atoms with Gasteiger partial charge >= 0.3 is 0 Å². The van der Waals surface area contributed by atoms with Crippen molar-refractivity contribution >= 4 is 34.3 Å². The Balaban J connectivity index is 1.79. The lowest BCUT2D eigenvalue weighted by molar-refractivity contribution is -0.143. The first-order valence-corrected chi connectivity index (χ1v) is 12.0. The lowest BCUT2D eigenvalue weighted by Gasteiger charge is -2.30. The summed E-state index contributed by atoms with van der Waals surface area (Å²) in [4.78, 5) is 33.1. The van der Waals surface area contributed by atoms with Crippen LogP contribution in [0.5, 0.6) is 0 Å². The van der Waals surface area contributed by atoms with Gasteiger partial charge in [-0.1, -0.05) is 69.6 Å². The van der Waals surface area contributed by atoms with Crippen LogP contribution >= 0.6 is 11.6 Å². The molecule has 0 unspecified atom stereocenters. The first-order valence-electron chi connectivity index (χ1n) is 11.6. The van der Waals surface area contributed by atoms with E-state index in [1.165, 1.54) is 10.9 Å². The van der Waals surface area contributed by atoms with Crippen molar-refractivity contribution in [2.75, 3.05) is 19.6 Å². The van der Waals surface area contributed by atoms with E-state index < -0.39 is 0 Å². The molecule has 0 aliphatic carbocycles. The van der Waals surface area contributed by atoms with E-state index in [4.69, 9.17) is 11.6 Å². The molecule has 0 atom stereocenters. The largest absolute Gasteiger partial charge is 0.361 e. The van der Waals surface area contributed by atoms with Gasteiger partial charge in [-0.05, 0) is 41.7 Å². The third-order valence-corrected chi connectivity index (χ3v) is 5.93. The molecule has 6 heteroatoms. The van der Waals surface area contributed by atoms with Gasteiger partial charge in [-0.15, -0.1) is 0 Å². The average Bonchev–Trinajstić information content (AvgIpc) is 3.19. The molecule has 176 valence electrons. The van der Waals surface area contributed by atoms with Crippen LogP contribution in [-0.4, -0.2) is 46.2 Å². The Bertz CT molecular complexity index is 1070. The van der Waals surface area contributed by atoms with Gasteiger partial charge in [0, 0.05) is 47.7 Å². The van der Waals surface area contributed by atoms with Crippen LogP contribution in [0.2, 0.25) is 5.02 Å². The van der Waals surface area contributed by atoms with E-state index in [2.05, 4.69) is 31.0 Å². The Morgan fingerprint density at radius 2 is 1.67 bits per heavy atom. The van der Waals surface area contributed by atoms with Crippen LogP contribution in [0.15, 0.2) is 54.7 Å². The number of hydrogen-bond donors (Lipinski definition) is 1. The summed E-state index contributed by atoms with van der Waals surface area (Å²) < 4.78 is 0. The van der Waals surface area contributed by atoms with E-state index in [0.29, 0.717) is 24.7 Å². The lowest BCUT2D eigenvalue weighted by Crippen LogP contribution is -2.45. The molecule has 0 aliphatic heterocycles. The monoisotopic (exact) mass is 467 g/mol. The number of halogens is 1. The second kappa shape index (κ2) is 11.4. The van der Waals surface area contributed by atoms with Crippen molar-refractivity contribution in [3.8, 4) is 0 Å². The summed E-state index contributed by atoms with van der Waals surface area (Å²) in [5, 5.41) is 1.84. The van der Waals surface area contributed by atoms with E-state index in [1.54, 1.807) is 4.90 Å². The standard InChI is InChI=1S/C27H34ClN3O2/c1-19(2)16-31(27(33)20(3)4)18-26(32)30(17-21-9-11-23(28)12-10-21)14-13-22-15-29-25-8-6-5-7-24(22)25/h5-12,15,19-20,29H,13-14,16-18H2,1-4H3. The number of rotatable bonds is 10. The normalized spacial score (nSPS) is 11.4. The maximum atomic E-state index is 13.5. The van der Waals surface area contributed by atoms with Gasteiger partial charge < -0.3 is 14.8 Å². The predicted octanol–water partition coefficient (Wildman–Crippen LogP) is 5.53. The van der Waals surface area contributed by atoms with Crippen molar-refractivity contribution < 1.29 is 9.59 Å². The SMILES string of the molecule is CC(C)CN(CC(=O)N(CCc1c[nH]c2ccccc12)Cc1ccc(Cl)cc1)C(=O)C(C)C. The second-order valence-electron chi connectivity index (χ2n) is 9.32. The number of nitrogens with zero attached hydrogens (tertiary/aromatic N) is 2. The number of hydrogen-bond acceptors (Lipinski definition) is 2. The quantitative estimate of drug-likeness (QED) is 0.426. The van der Waals surface area contributed by atoms with Crippen molar-refractivity contribution in [3.63, 3.8) is 0 Å². The minimum absolute atomic E-state index is 0.0140. The summed E-state index contributed by atoms with van der Waals surface area (Å²) in [6, 6.07) is 15.7. The highest BCUT2D eigenvalue weighted by atomic mass is 35.5. The van der Waals surface area contributed by atoms with Crippen molar-refractivity contribution in [3.05, 3.63) is 70.9 Å². The number of nitrogens with one attached hydrogen (secondary N) is 1. The zero-order valence-corrected chi connectivity index (χ0v) is 20.7. The Morgan fingerprint density at radius 3 is 2.33 bits per heavy atom. The molecule has 0 saturated carbocycles. The van der Waals surface area contributed by atoms with E-state index in [9.17, 15) is 9.59 Å². The van der Waals surface area contributed by atoms with Crippen LogP contribution in [0.1, 0.15) is 38.8 Å². The van der Waals surface area contributed by atoms with Crippen molar-refractivity contribution in [1.29, 1.82) is 0 Å². The number of fused-ring (bicyclic) bond motifs is 1. The molecule has 2 amide bonds. The van der Waals surface area contributed by atoms with Crippen molar-refractivity contribution in [2.24, 2.45) is 11.8 Å². The maximum Gasteiger partial charge on any atom is 0.242 e. The molecule has 5 nitrogen and oxygen atoms in total. The Labute approximate surface area is 201 Å². The number of amides is 2. The fourth-order valence-corrected chi connectivity index (χ4v) is 4.12. The lowest BCUT2D eigenvalue weighted by atomic mass is 10.1. The first-order chi connectivity index (χ1) is 15.7. The van der Waals surface area contributed by atoms with Crippen molar-refractivity contribution in [1.82, 2.24) is 14.8 Å². The molecule has 0 fully saturated rings. The molecule has 33 heavy (non-hydrogen) atoms. The van der Waals surface area contributed by atoms with Crippen LogP contribution in [0.4, 0.5) is 0 Å². The van der Waals surface area contributed by atoms with E-state index in [-0.39, 0.29) is 30.2 Å². The number of aromatic amines is 1. The Hall–Kier alpha value is -2.79. The highest BCUT2D eigenvalue weighted by Crippen LogP contribution is 2.19. The number of aromatic nitrogens is 1. The topological polar surface area (TPSA) is 56.4 Å². The zero-order chi connectivity index (χ0) is 24.0. The van der Waals surface area contributed by atoms with Gasteiger partial charge in [0.2, 0.25) is 11.8 Å². The minimum atomic E-state index is -0.146. The fourth-order valence-electron chi connectivity index (χ4n) is 4.00. The number of benzene rings is 2. The molecule has 1 aromatic heterocycles. The van der Waals surface area contributed by atoms with Crippen LogP contribution in [0.3, 0.4) is 0 Å². The smallest absolute Gasteiger partial charge is 0.242 e. The summed E-state index contributed by atoms with van der Waals surface area (Å²) in [5.74, 6) is 0.114. The number of carbonyl (C=O) groups excluding carboxylic acids is 2. The van der Waals surface area contributed by atoms with Gasteiger partial charge in [0.25, 0.3) is 0 Å². The summed E-state index contributed by atoms with van der Waals surface area (Å²) in [7, 11) is 0. The molecule has 3 aromatic rings. The van der Waals surface area contributed by atoms with Crippen molar-refractivity contribution in [2.45, 2.75) is 40.7 Å². The van der Waals surface area contributed by atoms with Gasteiger partial charge in [0.15, 0.2) is 0 Å². The molecular weight excluding hydrogens is 434 g/mol. The molecular formula is C27H34ClN3O2. The van der Waals surface area contributed by atoms with Crippen LogP contribution in [-0.2, 0) is 22.6 Å². The molecule has 0 spiro atoms.